The monoisotopic (exact) mass is 419 g/mol. The van der Waals surface area contributed by atoms with Gasteiger partial charge in [0.15, 0.2) is 0 Å². The van der Waals surface area contributed by atoms with Crippen LogP contribution in [0.5, 0.6) is 0 Å². The fourth-order valence-electron chi connectivity index (χ4n) is 3.39. The fraction of sp³-hybridized carbons (Fsp3) is 0.421. The van der Waals surface area contributed by atoms with Crippen LogP contribution in [-0.2, 0) is 11.3 Å². The van der Waals surface area contributed by atoms with Gasteiger partial charge in [-0.2, -0.15) is 18.3 Å². The van der Waals surface area contributed by atoms with Crippen LogP contribution in [0.25, 0.3) is 11.3 Å². The molecule has 1 aliphatic carbocycles. The lowest BCUT2D eigenvalue weighted by Crippen LogP contribution is -2.37. The molecule has 30 heavy (non-hydrogen) atoms. The second kappa shape index (κ2) is 7.54. The van der Waals surface area contributed by atoms with Crippen molar-refractivity contribution in [3.63, 3.8) is 0 Å². The molecule has 158 valence electrons. The molecular weight excluding hydrogens is 399 g/mol. The molecule has 1 unspecified atom stereocenters. The van der Waals surface area contributed by atoms with Gasteiger partial charge >= 0.3 is 6.18 Å². The molecule has 8 nitrogen and oxygen atoms in total. The van der Waals surface area contributed by atoms with E-state index < -0.39 is 29.8 Å². The number of carbonyl (C=O) groups excluding carboxylic acids is 1. The van der Waals surface area contributed by atoms with Crippen LogP contribution in [0, 0.1) is 0 Å². The summed E-state index contributed by atoms with van der Waals surface area (Å²) < 4.78 is 39.6. The molecule has 1 atom stereocenters. The molecule has 0 saturated heterocycles. The molecule has 2 aromatic rings. The number of hydrogen-bond donors (Lipinski definition) is 2. The first-order valence-electron chi connectivity index (χ1n) is 9.49. The lowest BCUT2D eigenvalue weighted by atomic mass is 10.1. The molecule has 0 aromatic carbocycles. The number of aliphatic imine (C=N–C) groups is 2. The Hall–Kier alpha value is -3.24. The van der Waals surface area contributed by atoms with Crippen molar-refractivity contribution in [1.29, 1.82) is 0 Å². The van der Waals surface area contributed by atoms with E-state index in [1.54, 1.807) is 10.9 Å². The summed E-state index contributed by atoms with van der Waals surface area (Å²) in [4.78, 5) is 23.5. The van der Waals surface area contributed by atoms with E-state index in [-0.39, 0.29) is 0 Å². The van der Waals surface area contributed by atoms with Gasteiger partial charge in [-0.3, -0.25) is 19.5 Å². The quantitative estimate of drug-likeness (QED) is 0.588. The number of nitrogens with two attached hydrogens (primary N) is 1. The molecule has 2 aliphatic rings. The first-order valence-corrected chi connectivity index (χ1v) is 9.49. The summed E-state index contributed by atoms with van der Waals surface area (Å²) in [7, 11) is 1.18. The van der Waals surface area contributed by atoms with Crippen molar-refractivity contribution in [2.75, 3.05) is 7.05 Å². The molecule has 4 rings (SSSR count). The largest absolute Gasteiger partial charge is 0.449 e. The number of aryl methyl sites for hydroxylation is 1. The van der Waals surface area contributed by atoms with Crippen LogP contribution in [0.1, 0.15) is 42.6 Å². The second-order valence-electron chi connectivity index (χ2n) is 7.28. The predicted octanol–water partition coefficient (Wildman–Crippen LogP) is 2.33. The lowest BCUT2D eigenvalue weighted by Gasteiger charge is -2.12. The lowest BCUT2D eigenvalue weighted by molar-refractivity contribution is -0.115. The van der Waals surface area contributed by atoms with Crippen molar-refractivity contribution in [2.24, 2.45) is 15.7 Å². The van der Waals surface area contributed by atoms with Crippen LogP contribution in [0.2, 0.25) is 0 Å². The number of halogens is 3. The highest BCUT2D eigenvalue weighted by molar-refractivity contribution is 6.40. The summed E-state index contributed by atoms with van der Waals surface area (Å²) in [5, 5.41) is 7.27. The van der Waals surface area contributed by atoms with Crippen molar-refractivity contribution in [1.82, 2.24) is 20.1 Å². The SMILES string of the molecule is CN=C(N=C(N)C(F)(F)F)C(=O)NC1CCn2nc(-c3ccnc(C4CC4)c3)cc21. The smallest absolute Gasteiger partial charge is 0.380 e. The summed E-state index contributed by atoms with van der Waals surface area (Å²) in [5.41, 5.74) is 8.42. The van der Waals surface area contributed by atoms with Crippen molar-refractivity contribution in [3.05, 3.63) is 35.8 Å². The standard InChI is InChI=1S/C19H20F3N7O/c1-24-16(27-18(23)19(20,21)22)17(30)26-12-5-7-29-15(12)9-14(28-29)11-4-6-25-13(8-11)10-2-3-10/h4,6,8-10,12H,2-3,5,7H2,1H3,(H,26,30)(H2,23,24,27). The number of alkyl halides is 3. The third-order valence-corrected chi connectivity index (χ3v) is 5.11. The van der Waals surface area contributed by atoms with Crippen molar-refractivity contribution < 1.29 is 18.0 Å². The number of fused-ring (bicyclic) bond motifs is 1. The zero-order valence-corrected chi connectivity index (χ0v) is 16.1. The Morgan fingerprint density at radius 3 is 2.73 bits per heavy atom. The minimum atomic E-state index is -4.83. The Morgan fingerprint density at radius 2 is 2.07 bits per heavy atom. The van der Waals surface area contributed by atoms with Crippen LogP contribution >= 0.6 is 0 Å². The molecule has 0 radical (unpaired) electrons. The summed E-state index contributed by atoms with van der Waals surface area (Å²) in [6, 6.07) is 5.37. The fourth-order valence-corrected chi connectivity index (χ4v) is 3.39. The Labute approximate surface area is 170 Å². The number of aromatic nitrogens is 3. The highest BCUT2D eigenvalue weighted by Crippen LogP contribution is 2.40. The minimum Gasteiger partial charge on any atom is -0.380 e. The number of hydrogen-bond acceptors (Lipinski definition) is 4. The van der Waals surface area contributed by atoms with Gasteiger partial charge in [0.1, 0.15) is 0 Å². The normalized spacial score (nSPS) is 19.7. The molecular formula is C19H20F3N7O. The van der Waals surface area contributed by atoms with Gasteiger partial charge in [-0.1, -0.05) is 0 Å². The van der Waals surface area contributed by atoms with Gasteiger partial charge in [-0.05, 0) is 37.5 Å². The van der Waals surface area contributed by atoms with Crippen LogP contribution < -0.4 is 11.1 Å². The molecule has 1 amide bonds. The Kier molecular flexibility index (Phi) is 5.04. The highest BCUT2D eigenvalue weighted by atomic mass is 19.4. The van der Waals surface area contributed by atoms with Crippen LogP contribution in [0.3, 0.4) is 0 Å². The molecule has 1 aliphatic heterocycles. The molecule has 3 heterocycles. The van der Waals surface area contributed by atoms with Crippen LogP contribution in [0.15, 0.2) is 34.4 Å². The number of carbonyl (C=O) groups is 1. The number of amides is 1. The molecule has 0 spiro atoms. The number of rotatable bonds is 3. The molecule has 11 heteroatoms. The third-order valence-electron chi connectivity index (χ3n) is 5.11. The summed E-state index contributed by atoms with van der Waals surface area (Å²) in [5.74, 6) is -2.57. The second-order valence-corrected chi connectivity index (χ2v) is 7.28. The maximum absolute atomic E-state index is 12.6. The zero-order valence-electron chi connectivity index (χ0n) is 16.1. The van der Waals surface area contributed by atoms with Crippen LogP contribution in [0.4, 0.5) is 13.2 Å². The maximum atomic E-state index is 12.6. The molecule has 1 fully saturated rings. The van der Waals surface area contributed by atoms with E-state index in [2.05, 4.69) is 25.4 Å². The average molecular weight is 419 g/mol. The van der Waals surface area contributed by atoms with Gasteiger partial charge in [0.05, 0.1) is 17.4 Å². The van der Waals surface area contributed by atoms with Gasteiger partial charge in [0.25, 0.3) is 5.91 Å². The van der Waals surface area contributed by atoms with E-state index >= 15 is 0 Å². The van der Waals surface area contributed by atoms with E-state index in [4.69, 9.17) is 5.73 Å². The Bertz CT molecular complexity index is 1040. The Morgan fingerprint density at radius 1 is 1.30 bits per heavy atom. The van der Waals surface area contributed by atoms with Gasteiger partial charge < -0.3 is 11.1 Å². The minimum absolute atomic E-state index is 0.414. The third kappa shape index (κ3) is 4.05. The summed E-state index contributed by atoms with van der Waals surface area (Å²) >= 11 is 0. The Balaban J connectivity index is 1.51. The van der Waals surface area contributed by atoms with Gasteiger partial charge in [-0.15, -0.1) is 0 Å². The first-order chi connectivity index (χ1) is 14.3. The molecule has 1 saturated carbocycles. The van der Waals surface area contributed by atoms with Crippen molar-refractivity contribution >= 4 is 17.6 Å². The number of nitrogens with zero attached hydrogens (tertiary/aromatic N) is 5. The van der Waals surface area contributed by atoms with E-state index in [1.807, 2.05) is 18.2 Å². The predicted molar refractivity (Wildman–Crippen MR) is 104 cm³/mol. The van der Waals surface area contributed by atoms with Gasteiger partial charge in [0, 0.05) is 37.0 Å². The molecule has 2 aromatic heterocycles. The van der Waals surface area contributed by atoms with E-state index in [0.29, 0.717) is 18.9 Å². The summed E-state index contributed by atoms with van der Waals surface area (Å²) in [6.45, 7) is 0.577. The number of amidine groups is 2. The van der Waals surface area contributed by atoms with E-state index in [1.165, 1.54) is 7.05 Å². The van der Waals surface area contributed by atoms with E-state index in [9.17, 15) is 18.0 Å². The van der Waals surface area contributed by atoms with Gasteiger partial charge in [-0.25, -0.2) is 4.99 Å². The summed E-state index contributed by atoms with van der Waals surface area (Å²) in [6.07, 6.45) is -0.214. The maximum Gasteiger partial charge on any atom is 0.449 e. The zero-order chi connectivity index (χ0) is 21.5. The highest BCUT2D eigenvalue weighted by Gasteiger charge is 2.35. The number of nitrogens with one attached hydrogen (secondary N) is 1. The van der Waals surface area contributed by atoms with Gasteiger partial charge in [0.2, 0.25) is 11.7 Å². The molecule has 3 N–H and O–H groups in total. The van der Waals surface area contributed by atoms with Crippen LogP contribution in [-0.4, -0.2) is 45.6 Å². The average Bonchev–Trinajstić information content (AvgIpc) is 3.37. The van der Waals surface area contributed by atoms with E-state index in [0.717, 1.165) is 35.5 Å². The first kappa shape index (κ1) is 20.0. The number of pyridine rings is 1. The van der Waals surface area contributed by atoms with Crippen molar-refractivity contribution in [2.45, 2.75) is 43.9 Å². The molecule has 0 bridgehead atoms. The van der Waals surface area contributed by atoms with Crippen molar-refractivity contribution in [3.8, 4) is 11.3 Å². The topological polar surface area (TPSA) is 111 Å².